The predicted octanol–water partition coefficient (Wildman–Crippen LogP) is 2.53. The Bertz CT molecular complexity index is 443. The van der Waals surface area contributed by atoms with E-state index in [0.717, 1.165) is 0 Å². The van der Waals surface area contributed by atoms with Crippen LogP contribution in [0.4, 0.5) is 5.69 Å². The molecule has 0 amide bonds. The number of ether oxygens (including phenoxy) is 2. The molecule has 6 nitrogen and oxygen atoms in total. The minimum Gasteiger partial charge on any atom is -0.490 e. The Morgan fingerprint density at radius 2 is 2.00 bits per heavy atom. The summed E-state index contributed by atoms with van der Waals surface area (Å²) in [5, 5.41) is 21.0. The fourth-order valence-corrected chi connectivity index (χ4v) is 1.57. The highest BCUT2D eigenvalue weighted by molar-refractivity contribution is 5.50. The maximum Gasteiger partial charge on any atom is 0.314 e. The molecular weight excluding hydrogens is 250 g/mol. The van der Waals surface area contributed by atoms with Crippen LogP contribution in [0.3, 0.4) is 0 Å². The lowest BCUT2D eigenvalue weighted by Crippen LogP contribution is -2.34. The molecule has 0 aliphatic rings. The molecule has 1 N–H and O–H groups in total. The Hall–Kier alpha value is -1.82. The fraction of sp³-hybridized carbons (Fsp3) is 0.538. The van der Waals surface area contributed by atoms with Crippen molar-refractivity contribution in [1.82, 2.24) is 0 Å². The zero-order valence-electron chi connectivity index (χ0n) is 11.4. The predicted molar refractivity (Wildman–Crippen MR) is 70.7 cm³/mol. The summed E-state index contributed by atoms with van der Waals surface area (Å²) in [6, 6.07) is 4.35. The number of aliphatic hydroxyl groups is 1. The largest absolute Gasteiger partial charge is 0.490 e. The van der Waals surface area contributed by atoms with Crippen LogP contribution in [0, 0.1) is 10.1 Å². The van der Waals surface area contributed by atoms with Crippen molar-refractivity contribution in [1.29, 1.82) is 0 Å². The van der Waals surface area contributed by atoms with Crippen molar-refractivity contribution in [2.75, 3.05) is 13.7 Å². The topological polar surface area (TPSA) is 81.8 Å². The molecule has 106 valence electrons. The van der Waals surface area contributed by atoms with Gasteiger partial charge < -0.3 is 14.6 Å². The van der Waals surface area contributed by atoms with Gasteiger partial charge in [-0.2, -0.15) is 0 Å². The smallest absolute Gasteiger partial charge is 0.314 e. The monoisotopic (exact) mass is 269 g/mol. The highest BCUT2D eigenvalue weighted by Crippen LogP contribution is 2.31. The molecule has 0 saturated heterocycles. The third kappa shape index (κ3) is 3.82. The maximum atomic E-state index is 10.9. The van der Waals surface area contributed by atoms with Crippen molar-refractivity contribution in [3.63, 3.8) is 0 Å². The highest BCUT2D eigenvalue weighted by Gasteiger charge is 2.24. The second-order valence-electron chi connectivity index (χ2n) is 4.31. The summed E-state index contributed by atoms with van der Waals surface area (Å²) >= 11 is 0. The van der Waals surface area contributed by atoms with Crippen LogP contribution < -0.4 is 9.47 Å². The van der Waals surface area contributed by atoms with Crippen LogP contribution in [-0.2, 0) is 0 Å². The van der Waals surface area contributed by atoms with E-state index < -0.39 is 10.5 Å². The molecule has 1 aromatic rings. The third-order valence-electron chi connectivity index (χ3n) is 3.17. The Kier molecular flexibility index (Phi) is 5.11. The van der Waals surface area contributed by atoms with E-state index in [1.165, 1.54) is 19.2 Å². The SMILES string of the molecule is CCC(O)(CC)COc1ccc(OC)c([N+](=O)[O-])c1. The molecule has 1 aromatic carbocycles. The van der Waals surface area contributed by atoms with Crippen molar-refractivity contribution in [2.24, 2.45) is 0 Å². The Morgan fingerprint density at radius 3 is 2.47 bits per heavy atom. The Morgan fingerprint density at radius 1 is 1.37 bits per heavy atom. The van der Waals surface area contributed by atoms with Crippen molar-refractivity contribution in [3.05, 3.63) is 28.3 Å². The molecular formula is C13H19NO5. The summed E-state index contributed by atoms with van der Waals surface area (Å²) in [6.45, 7) is 3.83. The normalized spacial score (nSPS) is 11.2. The molecule has 0 aliphatic carbocycles. The summed E-state index contributed by atoms with van der Waals surface area (Å²) < 4.78 is 10.3. The lowest BCUT2D eigenvalue weighted by molar-refractivity contribution is -0.385. The van der Waals surface area contributed by atoms with E-state index >= 15 is 0 Å². The van der Waals surface area contributed by atoms with Crippen LogP contribution in [0.1, 0.15) is 26.7 Å². The van der Waals surface area contributed by atoms with Gasteiger partial charge in [0.15, 0.2) is 5.75 Å². The number of hydrogen-bond donors (Lipinski definition) is 1. The zero-order chi connectivity index (χ0) is 14.5. The molecule has 0 spiro atoms. The first kappa shape index (κ1) is 15.2. The minimum atomic E-state index is -0.908. The Labute approximate surface area is 112 Å². The van der Waals surface area contributed by atoms with E-state index in [4.69, 9.17) is 9.47 Å². The molecule has 0 radical (unpaired) electrons. The van der Waals surface area contributed by atoms with Crippen LogP contribution in [-0.4, -0.2) is 29.3 Å². The van der Waals surface area contributed by atoms with E-state index in [0.29, 0.717) is 18.6 Å². The summed E-state index contributed by atoms with van der Waals surface area (Å²) in [7, 11) is 1.37. The fourth-order valence-electron chi connectivity index (χ4n) is 1.57. The van der Waals surface area contributed by atoms with E-state index in [-0.39, 0.29) is 18.0 Å². The van der Waals surface area contributed by atoms with Gasteiger partial charge in [-0.05, 0) is 25.0 Å². The molecule has 19 heavy (non-hydrogen) atoms. The van der Waals surface area contributed by atoms with Crippen LogP contribution in [0.2, 0.25) is 0 Å². The summed E-state index contributed by atoms with van der Waals surface area (Å²) in [4.78, 5) is 10.3. The van der Waals surface area contributed by atoms with Gasteiger partial charge in [0, 0.05) is 0 Å². The van der Waals surface area contributed by atoms with Crippen LogP contribution in [0.15, 0.2) is 18.2 Å². The summed E-state index contributed by atoms with van der Waals surface area (Å²) in [6.07, 6.45) is 1.11. The van der Waals surface area contributed by atoms with E-state index in [2.05, 4.69) is 0 Å². The highest BCUT2D eigenvalue weighted by atomic mass is 16.6. The first-order valence-electron chi connectivity index (χ1n) is 6.13. The van der Waals surface area contributed by atoms with Gasteiger partial charge in [-0.1, -0.05) is 13.8 Å². The number of nitrogens with zero attached hydrogens (tertiary/aromatic N) is 1. The van der Waals surface area contributed by atoms with Gasteiger partial charge in [-0.25, -0.2) is 0 Å². The van der Waals surface area contributed by atoms with Gasteiger partial charge in [0.2, 0.25) is 0 Å². The summed E-state index contributed by atoms with van der Waals surface area (Å²) in [5.41, 5.74) is -1.06. The standard InChI is InChI=1S/C13H19NO5/c1-4-13(15,5-2)9-19-10-6-7-12(18-3)11(8-10)14(16)17/h6-8,15H,4-5,9H2,1-3H3. The first-order chi connectivity index (χ1) is 8.95. The molecule has 1 rings (SSSR count). The number of rotatable bonds is 7. The van der Waals surface area contributed by atoms with Gasteiger partial charge >= 0.3 is 5.69 Å². The van der Waals surface area contributed by atoms with E-state index in [1.807, 2.05) is 13.8 Å². The van der Waals surface area contributed by atoms with Gasteiger partial charge in [0.1, 0.15) is 12.4 Å². The van der Waals surface area contributed by atoms with E-state index in [1.54, 1.807) is 6.07 Å². The van der Waals surface area contributed by atoms with Crippen molar-refractivity contribution >= 4 is 5.69 Å². The molecule has 0 aliphatic heterocycles. The van der Waals surface area contributed by atoms with Crippen LogP contribution >= 0.6 is 0 Å². The first-order valence-corrected chi connectivity index (χ1v) is 6.13. The molecule has 0 unspecified atom stereocenters. The molecule has 0 fully saturated rings. The molecule has 6 heteroatoms. The molecule has 0 atom stereocenters. The molecule has 0 heterocycles. The lowest BCUT2D eigenvalue weighted by atomic mass is 9.99. The average Bonchev–Trinajstić information content (AvgIpc) is 2.44. The number of hydrogen-bond acceptors (Lipinski definition) is 5. The zero-order valence-corrected chi connectivity index (χ0v) is 11.4. The van der Waals surface area contributed by atoms with Crippen LogP contribution in [0.5, 0.6) is 11.5 Å². The van der Waals surface area contributed by atoms with E-state index in [9.17, 15) is 15.2 Å². The quantitative estimate of drug-likeness (QED) is 0.607. The second-order valence-corrected chi connectivity index (χ2v) is 4.31. The number of nitro benzene ring substituents is 1. The van der Waals surface area contributed by atoms with Crippen LogP contribution in [0.25, 0.3) is 0 Å². The number of nitro groups is 1. The van der Waals surface area contributed by atoms with Gasteiger partial charge in [-0.15, -0.1) is 0 Å². The van der Waals surface area contributed by atoms with Crippen molar-refractivity contribution in [3.8, 4) is 11.5 Å². The molecule has 0 bridgehead atoms. The van der Waals surface area contributed by atoms with Crippen molar-refractivity contribution < 1.29 is 19.5 Å². The maximum absolute atomic E-state index is 10.9. The average molecular weight is 269 g/mol. The van der Waals surface area contributed by atoms with Gasteiger partial charge in [0.25, 0.3) is 0 Å². The van der Waals surface area contributed by atoms with Gasteiger partial charge in [0.05, 0.1) is 23.7 Å². The third-order valence-corrected chi connectivity index (χ3v) is 3.17. The van der Waals surface area contributed by atoms with Crippen molar-refractivity contribution in [2.45, 2.75) is 32.3 Å². The number of methoxy groups -OCH3 is 1. The summed E-state index contributed by atoms with van der Waals surface area (Å²) in [5.74, 6) is 0.520. The molecule has 0 aromatic heterocycles. The molecule has 0 saturated carbocycles. The van der Waals surface area contributed by atoms with Gasteiger partial charge in [-0.3, -0.25) is 10.1 Å². The number of benzene rings is 1. The second kappa shape index (κ2) is 6.38. The minimum absolute atomic E-state index is 0.101. The Balaban J connectivity index is 2.86. The lowest BCUT2D eigenvalue weighted by Gasteiger charge is -2.25.